The molecule has 0 aromatic rings. The van der Waals surface area contributed by atoms with Crippen LogP contribution in [0.1, 0.15) is 40.5 Å². The highest BCUT2D eigenvalue weighted by Gasteiger charge is 2.28. The molecule has 0 aliphatic carbocycles. The van der Waals surface area contributed by atoms with Gasteiger partial charge in [-0.3, -0.25) is 0 Å². The molecular weight excluding hydrogens is 212 g/mol. The Morgan fingerprint density at radius 3 is 2.76 bits per heavy atom. The fraction of sp³-hybridized carbons (Fsp3) is 1.00. The van der Waals surface area contributed by atoms with Gasteiger partial charge >= 0.3 is 0 Å². The molecule has 0 amide bonds. The Balaban J connectivity index is 2.39. The predicted octanol–water partition coefficient (Wildman–Crippen LogP) is 2.12. The summed E-state index contributed by atoms with van der Waals surface area (Å²) < 4.78 is 5.51. The van der Waals surface area contributed by atoms with Crippen LogP contribution in [0.5, 0.6) is 0 Å². The van der Waals surface area contributed by atoms with E-state index in [1.54, 1.807) is 0 Å². The minimum atomic E-state index is 0.319. The Morgan fingerprint density at radius 1 is 1.29 bits per heavy atom. The highest BCUT2D eigenvalue weighted by atomic mass is 16.5. The molecule has 1 saturated heterocycles. The van der Waals surface area contributed by atoms with Crippen LogP contribution in [-0.2, 0) is 4.74 Å². The van der Waals surface area contributed by atoms with E-state index in [0.29, 0.717) is 11.5 Å². The summed E-state index contributed by atoms with van der Waals surface area (Å²) in [6.45, 7) is 15.6. The van der Waals surface area contributed by atoms with Gasteiger partial charge in [-0.1, -0.05) is 20.8 Å². The Bertz CT molecular complexity index is 198. The zero-order valence-electron chi connectivity index (χ0n) is 12.1. The van der Waals surface area contributed by atoms with E-state index in [2.05, 4.69) is 37.9 Å². The van der Waals surface area contributed by atoms with Crippen LogP contribution in [0.15, 0.2) is 0 Å². The first-order valence-corrected chi connectivity index (χ1v) is 7.09. The van der Waals surface area contributed by atoms with E-state index in [4.69, 9.17) is 4.74 Å². The standard InChI is InChI=1S/C14H30N2O/c1-5-7-15-13(2)14(3,4)12-16-8-6-10-17-11-9-16/h13,15H,5-12H2,1-4H3. The lowest BCUT2D eigenvalue weighted by molar-refractivity contribution is 0.119. The minimum absolute atomic E-state index is 0.319. The minimum Gasteiger partial charge on any atom is -0.380 e. The van der Waals surface area contributed by atoms with Gasteiger partial charge in [0.05, 0.1) is 6.61 Å². The number of hydrogen-bond acceptors (Lipinski definition) is 3. The van der Waals surface area contributed by atoms with Crippen molar-refractivity contribution in [3.05, 3.63) is 0 Å². The number of ether oxygens (including phenoxy) is 1. The molecule has 1 heterocycles. The second-order valence-electron chi connectivity index (χ2n) is 5.91. The maximum atomic E-state index is 5.51. The molecule has 1 unspecified atom stereocenters. The summed E-state index contributed by atoms with van der Waals surface area (Å²) in [7, 11) is 0. The van der Waals surface area contributed by atoms with Gasteiger partial charge in [0.1, 0.15) is 0 Å². The van der Waals surface area contributed by atoms with E-state index in [0.717, 1.165) is 32.8 Å². The molecule has 0 saturated carbocycles. The average Bonchev–Trinajstić information content (AvgIpc) is 2.53. The van der Waals surface area contributed by atoms with Gasteiger partial charge in [0.15, 0.2) is 0 Å². The lowest BCUT2D eigenvalue weighted by Crippen LogP contribution is -2.47. The molecule has 1 atom stereocenters. The monoisotopic (exact) mass is 242 g/mol. The molecule has 1 aliphatic heterocycles. The Morgan fingerprint density at radius 2 is 2.06 bits per heavy atom. The van der Waals surface area contributed by atoms with Crippen molar-refractivity contribution in [1.29, 1.82) is 0 Å². The molecule has 0 radical (unpaired) electrons. The summed E-state index contributed by atoms with van der Waals surface area (Å²) in [6.07, 6.45) is 2.38. The zero-order valence-corrected chi connectivity index (χ0v) is 12.1. The van der Waals surface area contributed by atoms with Crippen molar-refractivity contribution < 1.29 is 4.74 Å². The maximum absolute atomic E-state index is 5.51. The highest BCUT2D eigenvalue weighted by molar-refractivity contribution is 4.84. The molecule has 1 rings (SSSR count). The number of hydrogen-bond donors (Lipinski definition) is 1. The van der Waals surface area contributed by atoms with E-state index in [-0.39, 0.29) is 0 Å². The second kappa shape index (κ2) is 7.34. The Labute approximate surface area is 107 Å². The quantitative estimate of drug-likeness (QED) is 0.772. The molecule has 1 N–H and O–H groups in total. The molecule has 0 aromatic carbocycles. The molecule has 0 bridgehead atoms. The summed E-state index contributed by atoms with van der Waals surface area (Å²) in [5.41, 5.74) is 0.319. The fourth-order valence-electron chi connectivity index (χ4n) is 2.31. The van der Waals surface area contributed by atoms with E-state index in [1.807, 2.05) is 0 Å². The van der Waals surface area contributed by atoms with Crippen molar-refractivity contribution in [2.45, 2.75) is 46.6 Å². The van der Waals surface area contributed by atoms with Gasteiger partial charge in [-0.2, -0.15) is 0 Å². The third-order valence-electron chi connectivity index (χ3n) is 3.82. The average molecular weight is 242 g/mol. The van der Waals surface area contributed by atoms with Crippen LogP contribution in [0, 0.1) is 5.41 Å². The fourth-order valence-corrected chi connectivity index (χ4v) is 2.31. The SMILES string of the molecule is CCCNC(C)C(C)(C)CN1CCCOCC1. The Kier molecular flexibility index (Phi) is 6.45. The van der Waals surface area contributed by atoms with Crippen molar-refractivity contribution in [2.75, 3.05) is 39.4 Å². The highest BCUT2D eigenvalue weighted by Crippen LogP contribution is 2.22. The third-order valence-corrected chi connectivity index (χ3v) is 3.82. The van der Waals surface area contributed by atoms with Gasteiger partial charge in [0, 0.05) is 32.3 Å². The van der Waals surface area contributed by atoms with Crippen molar-refractivity contribution in [2.24, 2.45) is 5.41 Å². The molecule has 17 heavy (non-hydrogen) atoms. The summed E-state index contributed by atoms with van der Waals surface area (Å²) in [6, 6.07) is 0.562. The zero-order chi connectivity index (χ0) is 12.7. The topological polar surface area (TPSA) is 24.5 Å². The van der Waals surface area contributed by atoms with Crippen LogP contribution in [0.25, 0.3) is 0 Å². The van der Waals surface area contributed by atoms with Gasteiger partial charge in [0.25, 0.3) is 0 Å². The number of nitrogens with one attached hydrogen (secondary N) is 1. The lowest BCUT2D eigenvalue weighted by Gasteiger charge is -2.37. The van der Waals surface area contributed by atoms with Crippen molar-refractivity contribution >= 4 is 0 Å². The van der Waals surface area contributed by atoms with E-state index >= 15 is 0 Å². The first kappa shape index (κ1) is 14.9. The van der Waals surface area contributed by atoms with Crippen LogP contribution >= 0.6 is 0 Å². The second-order valence-corrected chi connectivity index (χ2v) is 5.91. The van der Waals surface area contributed by atoms with Crippen LogP contribution in [0.3, 0.4) is 0 Å². The van der Waals surface area contributed by atoms with Gasteiger partial charge in [-0.05, 0) is 31.7 Å². The summed E-state index contributed by atoms with van der Waals surface area (Å²) in [4.78, 5) is 2.55. The summed E-state index contributed by atoms with van der Waals surface area (Å²) in [5.74, 6) is 0. The summed E-state index contributed by atoms with van der Waals surface area (Å²) >= 11 is 0. The van der Waals surface area contributed by atoms with E-state index in [1.165, 1.54) is 19.4 Å². The number of nitrogens with zero attached hydrogens (tertiary/aromatic N) is 1. The van der Waals surface area contributed by atoms with Crippen molar-refractivity contribution in [3.8, 4) is 0 Å². The normalized spacial score (nSPS) is 21.2. The van der Waals surface area contributed by atoms with Crippen molar-refractivity contribution in [1.82, 2.24) is 10.2 Å². The molecule has 3 nitrogen and oxygen atoms in total. The van der Waals surface area contributed by atoms with Gasteiger partial charge in [-0.15, -0.1) is 0 Å². The molecule has 1 fully saturated rings. The number of rotatable bonds is 6. The molecule has 102 valence electrons. The van der Waals surface area contributed by atoms with Crippen molar-refractivity contribution in [3.63, 3.8) is 0 Å². The molecule has 0 aromatic heterocycles. The third kappa shape index (κ3) is 5.36. The first-order valence-electron chi connectivity index (χ1n) is 7.09. The van der Waals surface area contributed by atoms with Crippen LogP contribution in [-0.4, -0.2) is 50.3 Å². The smallest absolute Gasteiger partial charge is 0.0593 e. The Hall–Kier alpha value is -0.120. The maximum Gasteiger partial charge on any atom is 0.0593 e. The first-order chi connectivity index (χ1) is 8.06. The predicted molar refractivity (Wildman–Crippen MR) is 73.4 cm³/mol. The molecular formula is C14H30N2O. The summed E-state index contributed by atoms with van der Waals surface area (Å²) in [5, 5.41) is 3.62. The molecule has 0 spiro atoms. The molecule has 3 heteroatoms. The molecule has 1 aliphatic rings. The van der Waals surface area contributed by atoms with E-state index < -0.39 is 0 Å². The van der Waals surface area contributed by atoms with Crippen LogP contribution < -0.4 is 5.32 Å². The van der Waals surface area contributed by atoms with Crippen LogP contribution in [0.4, 0.5) is 0 Å². The lowest BCUT2D eigenvalue weighted by atomic mass is 9.84. The van der Waals surface area contributed by atoms with Crippen LogP contribution in [0.2, 0.25) is 0 Å². The largest absolute Gasteiger partial charge is 0.380 e. The van der Waals surface area contributed by atoms with Gasteiger partial charge in [-0.25, -0.2) is 0 Å². The van der Waals surface area contributed by atoms with Gasteiger partial charge < -0.3 is 15.0 Å². The van der Waals surface area contributed by atoms with E-state index in [9.17, 15) is 0 Å². The van der Waals surface area contributed by atoms with Gasteiger partial charge in [0.2, 0.25) is 0 Å².